The Morgan fingerprint density at radius 3 is 2.43 bits per heavy atom. The van der Waals surface area contributed by atoms with E-state index >= 15 is 0 Å². The number of carbonyl (C=O) groups excluding carboxylic acids is 2. The van der Waals surface area contributed by atoms with Gasteiger partial charge >= 0.3 is 5.97 Å². The Hall–Kier alpha value is -2.96. The molecule has 1 unspecified atom stereocenters. The number of Topliss-reactive ketones (excluding diaryl/α,β-unsaturated/α-hetero) is 1. The van der Waals surface area contributed by atoms with Crippen LogP contribution in [0.15, 0.2) is 46.9 Å². The first-order chi connectivity index (χ1) is 11.0. The van der Waals surface area contributed by atoms with Crippen LogP contribution in [-0.4, -0.2) is 35.5 Å². The van der Waals surface area contributed by atoms with E-state index in [4.69, 9.17) is 9.52 Å². The van der Waals surface area contributed by atoms with Crippen LogP contribution in [0, 0.1) is 0 Å². The van der Waals surface area contributed by atoms with Gasteiger partial charge in [0.2, 0.25) is 0 Å². The molecule has 1 aromatic carbocycles. The molecule has 0 aliphatic rings. The van der Waals surface area contributed by atoms with Crippen LogP contribution >= 0.6 is 0 Å². The zero-order valence-corrected chi connectivity index (χ0v) is 12.0. The SMILES string of the molecule is O=C(O)CC(NC(=O)c1ccc(-c2ccccc2)o1)C(=O)CF. The summed E-state index contributed by atoms with van der Waals surface area (Å²) in [5.41, 5.74) is 0.758. The minimum Gasteiger partial charge on any atom is -0.481 e. The normalized spacial score (nSPS) is 11.7. The number of carboxylic acids is 1. The Labute approximate surface area is 130 Å². The molecule has 1 heterocycles. The Balaban J connectivity index is 2.12. The lowest BCUT2D eigenvalue weighted by atomic mass is 10.1. The van der Waals surface area contributed by atoms with Gasteiger partial charge < -0.3 is 14.8 Å². The smallest absolute Gasteiger partial charge is 0.305 e. The van der Waals surface area contributed by atoms with Gasteiger partial charge in [0, 0.05) is 5.56 Å². The summed E-state index contributed by atoms with van der Waals surface area (Å²) in [5.74, 6) is -2.74. The molecule has 0 saturated heterocycles. The zero-order valence-electron chi connectivity index (χ0n) is 12.0. The molecular formula is C16H14FNO5. The number of hydrogen-bond acceptors (Lipinski definition) is 4. The number of furan rings is 1. The van der Waals surface area contributed by atoms with Crippen molar-refractivity contribution in [2.45, 2.75) is 12.5 Å². The van der Waals surface area contributed by atoms with Gasteiger partial charge in [-0.15, -0.1) is 0 Å². The molecule has 0 radical (unpaired) electrons. The molecule has 1 atom stereocenters. The van der Waals surface area contributed by atoms with Crippen LogP contribution in [0.5, 0.6) is 0 Å². The minimum atomic E-state index is -1.43. The van der Waals surface area contributed by atoms with Gasteiger partial charge in [-0.3, -0.25) is 14.4 Å². The molecule has 2 N–H and O–H groups in total. The lowest BCUT2D eigenvalue weighted by molar-refractivity contribution is -0.139. The van der Waals surface area contributed by atoms with Crippen LogP contribution < -0.4 is 5.32 Å². The molecule has 1 aromatic heterocycles. The minimum absolute atomic E-state index is 0.0918. The van der Waals surface area contributed by atoms with Crippen LogP contribution in [0.2, 0.25) is 0 Å². The van der Waals surface area contributed by atoms with E-state index in [1.165, 1.54) is 6.07 Å². The van der Waals surface area contributed by atoms with Gasteiger partial charge in [-0.05, 0) is 12.1 Å². The largest absolute Gasteiger partial charge is 0.481 e. The monoisotopic (exact) mass is 319 g/mol. The Kier molecular flexibility index (Phi) is 5.24. The van der Waals surface area contributed by atoms with Crippen molar-refractivity contribution >= 4 is 17.7 Å². The molecule has 0 fully saturated rings. The highest BCUT2D eigenvalue weighted by Gasteiger charge is 2.25. The van der Waals surface area contributed by atoms with E-state index in [2.05, 4.69) is 5.32 Å². The number of benzene rings is 1. The predicted octanol–water partition coefficient (Wildman–Crippen LogP) is 2.06. The summed E-state index contributed by atoms with van der Waals surface area (Å²) in [7, 11) is 0. The average molecular weight is 319 g/mol. The molecule has 23 heavy (non-hydrogen) atoms. The third-order valence-electron chi connectivity index (χ3n) is 3.09. The number of ketones is 1. The van der Waals surface area contributed by atoms with Gasteiger partial charge in [0.15, 0.2) is 11.5 Å². The van der Waals surface area contributed by atoms with E-state index in [9.17, 15) is 18.8 Å². The second-order valence-electron chi connectivity index (χ2n) is 4.75. The van der Waals surface area contributed by atoms with Crippen molar-refractivity contribution in [1.29, 1.82) is 0 Å². The van der Waals surface area contributed by atoms with E-state index in [0.29, 0.717) is 5.76 Å². The number of halogens is 1. The van der Waals surface area contributed by atoms with E-state index in [0.717, 1.165) is 5.56 Å². The van der Waals surface area contributed by atoms with Crippen LogP contribution in [-0.2, 0) is 9.59 Å². The average Bonchev–Trinajstić information content (AvgIpc) is 3.04. The second-order valence-corrected chi connectivity index (χ2v) is 4.75. The molecule has 0 aliphatic heterocycles. The highest BCUT2D eigenvalue weighted by atomic mass is 19.1. The maximum atomic E-state index is 12.4. The summed E-state index contributed by atoms with van der Waals surface area (Å²) in [6.45, 7) is -1.36. The van der Waals surface area contributed by atoms with Crippen molar-refractivity contribution < 1.29 is 28.3 Å². The molecule has 6 nitrogen and oxygen atoms in total. The molecule has 0 saturated carbocycles. The molecule has 0 bridgehead atoms. The number of carbonyl (C=O) groups is 3. The lowest BCUT2D eigenvalue weighted by Crippen LogP contribution is -2.43. The summed E-state index contributed by atoms with van der Waals surface area (Å²) in [6.07, 6.45) is -0.694. The van der Waals surface area contributed by atoms with Gasteiger partial charge in [0.05, 0.1) is 6.42 Å². The summed E-state index contributed by atoms with van der Waals surface area (Å²) in [4.78, 5) is 34.1. The zero-order chi connectivity index (χ0) is 16.8. The molecule has 7 heteroatoms. The van der Waals surface area contributed by atoms with Crippen LogP contribution in [0.3, 0.4) is 0 Å². The van der Waals surface area contributed by atoms with Gasteiger partial charge in [-0.1, -0.05) is 30.3 Å². The van der Waals surface area contributed by atoms with E-state index in [1.807, 2.05) is 6.07 Å². The number of aliphatic carboxylic acids is 1. The highest BCUT2D eigenvalue weighted by molar-refractivity contribution is 5.98. The fourth-order valence-electron chi connectivity index (χ4n) is 1.96. The highest BCUT2D eigenvalue weighted by Crippen LogP contribution is 2.21. The summed E-state index contributed by atoms with van der Waals surface area (Å²) < 4.78 is 17.8. The van der Waals surface area contributed by atoms with Gasteiger partial charge in [-0.2, -0.15) is 0 Å². The first-order valence-corrected chi connectivity index (χ1v) is 6.78. The van der Waals surface area contributed by atoms with Gasteiger partial charge in [0.25, 0.3) is 5.91 Å². The number of carboxylic acid groups (broad SMARTS) is 1. The standard InChI is InChI=1S/C16H14FNO5/c17-9-12(19)11(8-15(20)21)18-16(22)14-7-6-13(23-14)10-4-2-1-3-5-10/h1-7,11H,8-9H2,(H,18,22)(H,20,21). The maximum Gasteiger partial charge on any atom is 0.305 e. The van der Waals surface area contributed by atoms with Crippen molar-refractivity contribution in [3.63, 3.8) is 0 Å². The summed E-state index contributed by atoms with van der Waals surface area (Å²) in [5, 5.41) is 10.9. The molecule has 2 aromatic rings. The van der Waals surface area contributed by atoms with Crippen LogP contribution in [0.1, 0.15) is 17.0 Å². The van der Waals surface area contributed by atoms with Crippen LogP contribution in [0.25, 0.3) is 11.3 Å². The number of amides is 1. The topological polar surface area (TPSA) is 96.6 Å². The van der Waals surface area contributed by atoms with E-state index in [1.54, 1.807) is 30.3 Å². The Morgan fingerprint density at radius 1 is 1.13 bits per heavy atom. The van der Waals surface area contributed by atoms with E-state index in [-0.39, 0.29) is 5.76 Å². The first kappa shape index (κ1) is 16.4. The third-order valence-corrected chi connectivity index (χ3v) is 3.09. The molecule has 1 amide bonds. The Morgan fingerprint density at radius 2 is 1.83 bits per heavy atom. The number of hydrogen-bond donors (Lipinski definition) is 2. The maximum absolute atomic E-state index is 12.4. The number of alkyl halides is 1. The molecule has 2 rings (SSSR count). The predicted molar refractivity (Wildman–Crippen MR) is 78.6 cm³/mol. The number of rotatable bonds is 7. The first-order valence-electron chi connectivity index (χ1n) is 6.78. The van der Waals surface area contributed by atoms with Crippen molar-refractivity contribution in [3.8, 4) is 11.3 Å². The molecule has 120 valence electrons. The lowest BCUT2D eigenvalue weighted by Gasteiger charge is -2.13. The fraction of sp³-hybridized carbons (Fsp3) is 0.188. The summed E-state index contributed by atoms with van der Waals surface area (Å²) >= 11 is 0. The van der Waals surface area contributed by atoms with Crippen molar-refractivity contribution in [2.24, 2.45) is 0 Å². The Bertz CT molecular complexity index is 710. The van der Waals surface area contributed by atoms with Crippen LogP contribution in [0.4, 0.5) is 4.39 Å². The quantitative estimate of drug-likeness (QED) is 0.814. The molecular weight excluding hydrogens is 305 g/mol. The van der Waals surface area contributed by atoms with Crippen molar-refractivity contribution in [3.05, 3.63) is 48.2 Å². The second kappa shape index (κ2) is 7.35. The third kappa shape index (κ3) is 4.26. The van der Waals surface area contributed by atoms with Crippen molar-refractivity contribution in [2.75, 3.05) is 6.67 Å². The van der Waals surface area contributed by atoms with Gasteiger partial charge in [0.1, 0.15) is 18.5 Å². The molecule has 0 aliphatic carbocycles. The summed E-state index contributed by atoms with van der Waals surface area (Å²) in [6, 6.07) is 10.6. The van der Waals surface area contributed by atoms with E-state index < -0.39 is 36.8 Å². The molecule has 0 spiro atoms. The van der Waals surface area contributed by atoms with Gasteiger partial charge in [-0.25, -0.2) is 4.39 Å². The van der Waals surface area contributed by atoms with Crippen molar-refractivity contribution in [1.82, 2.24) is 5.32 Å². The number of nitrogens with one attached hydrogen (secondary N) is 1. The fourth-order valence-corrected chi connectivity index (χ4v) is 1.96.